The molecule has 100 valence electrons. The molecule has 0 amide bonds. The first-order valence-corrected chi connectivity index (χ1v) is 6.90. The smallest absolute Gasteiger partial charge is 0.0866 e. The fourth-order valence-electron chi connectivity index (χ4n) is 0.969. The number of benzene rings is 2. The average molecular weight is 362 g/mol. The van der Waals surface area contributed by atoms with E-state index in [1.165, 1.54) is 10.6 Å². The lowest BCUT2D eigenvalue weighted by Crippen LogP contribution is -3.00. The van der Waals surface area contributed by atoms with Gasteiger partial charge in [0, 0.05) is 28.5 Å². The van der Waals surface area contributed by atoms with E-state index in [1.807, 2.05) is 67.0 Å². The highest BCUT2D eigenvalue weighted by molar-refractivity contribution is 7.27. The quantitative estimate of drug-likeness (QED) is 0.443. The van der Waals surface area contributed by atoms with Crippen molar-refractivity contribution in [1.82, 2.24) is 0 Å². The van der Waals surface area contributed by atoms with E-state index in [0.29, 0.717) is 0 Å². The molecular weight excluding hydrogens is 348 g/mol. The fourth-order valence-corrected chi connectivity index (χ4v) is 1.69. The van der Waals surface area contributed by atoms with Crippen LogP contribution in [0.15, 0.2) is 48.5 Å². The minimum Gasteiger partial charge on any atom is -1.00 e. The van der Waals surface area contributed by atoms with Gasteiger partial charge < -0.3 is 24.8 Å². The summed E-state index contributed by atoms with van der Waals surface area (Å²) in [5.41, 5.74) is 0. The molecule has 0 radical (unpaired) electrons. The van der Waals surface area contributed by atoms with Crippen LogP contribution in [-0.4, -0.2) is 0 Å². The maximum Gasteiger partial charge on any atom is 0.0866 e. The van der Waals surface area contributed by atoms with Gasteiger partial charge in [-0.15, -0.1) is 0 Å². The normalized spacial score (nSPS) is 8.56. The van der Waals surface area contributed by atoms with Gasteiger partial charge in [0.25, 0.3) is 0 Å². The van der Waals surface area contributed by atoms with Crippen molar-refractivity contribution in [3.8, 4) is 0 Å². The molecule has 18 heavy (non-hydrogen) atoms. The molecule has 0 nitrogen and oxygen atoms in total. The van der Waals surface area contributed by atoms with Crippen molar-refractivity contribution in [2.24, 2.45) is 0 Å². The zero-order valence-corrected chi connectivity index (χ0v) is 15.4. The number of hydrogen-bond donors (Lipinski definition) is 0. The SMILES string of the molecule is [Cl-].[Cl-].[PH3+]c1ccc(Cl)cc1.[PH3+]c1ccc(Cl)cc1. The summed E-state index contributed by atoms with van der Waals surface area (Å²) in [6.45, 7) is 0. The Bertz CT molecular complexity index is 343. The predicted molar refractivity (Wildman–Crippen MR) is 84.4 cm³/mol. The summed E-state index contributed by atoms with van der Waals surface area (Å²) in [5, 5.41) is 4.16. The second-order valence-corrected chi connectivity index (χ2v) is 5.76. The Morgan fingerprint density at radius 3 is 0.944 bits per heavy atom. The van der Waals surface area contributed by atoms with E-state index in [0.717, 1.165) is 10.0 Å². The second-order valence-electron chi connectivity index (χ2n) is 3.25. The van der Waals surface area contributed by atoms with E-state index in [9.17, 15) is 0 Å². The Balaban J connectivity index is 0. The molecule has 0 aliphatic rings. The molecule has 0 aromatic heterocycles. The fraction of sp³-hybridized carbons (Fsp3) is 0. The Morgan fingerprint density at radius 1 is 0.556 bits per heavy atom. The molecule has 2 unspecified atom stereocenters. The van der Waals surface area contributed by atoms with Crippen molar-refractivity contribution in [3.05, 3.63) is 58.6 Å². The summed E-state index contributed by atoms with van der Waals surface area (Å²) in [7, 11) is 3.71. The summed E-state index contributed by atoms with van der Waals surface area (Å²) in [6.07, 6.45) is 0. The van der Waals surface area contributed by atoms with Gasteiger partial charge in [-0.25, -0.2) is 0 Å². The van der Waals surface area contributed by atoms with Gasteiger partial charge in [0.05, 0.1) is 10.6 Å². The second kappa shape index (κ2) is 11.3. The van der Waals surface area contributed by atoms with E-state index in [4.69, 9.17) is 23.2 Å². The Labute approximate surface area is 135 Å². The van der Waals surface area contributed by atoms with Gasteiger partial charge >= 0.3 is 0 Å². The minimum absolute atomic E-state index is 0. The summed E-state index contributed by atoms with van der Waals surface area (Å²) >= 11 is 11.2. The van der Waals surface area contributed by atoms with Crippen LogP contribution in [-0.2, 0) is 0 Å². The maximum absolute atomic E-state index is 5.61. The third-order valence-corrected chi connectivity index (χ3v) is 3.27. The highest BCUT2D eigenvalue weighted by atomic mass is 35.5. The molecule has 0 saturated heterocycles. The zero-order chi connectivity index (χ0) is 12.0. The van der Waals surface area contributed by atoms with Gasteiger partial charge in [0.2, 0.25) is 0 Å². The first-order valence-electron chi connectivity index (χ1n) is 4.73. The van der Waals surface area contributed by atoms with Crippen LogP contribution in [0, 0.1) is 0 Å². The van der Waals surface area contributed by atoms with Crippen molar-refractivity contribution in [2.45, 2.75) is 0 Å². The van der Waals surface area contributed by atoms with Crippen LogP contribution in [0.25, 0.3) is 0 Å². The number of rotatable bonds is 0. The lowest BCUT2D eigenvalue weighted by atomic mass is 10.4. The average Bonchev–Trinajstić information content (AvgIpc) is 2.28. The molecule has 2 rings (SSSR count). The molecule has 0 fully saturated rings. The molecule has 0 spiro atoms. The Kier molecular flexibility index (Phi) is 13.0. The van der Waals surface area contributed by atoms with Crippen LogP contribution in [0.2, 0.25) is 10.0 Å². The topological polar surface area (TPSA) is 0 Å². The van der Waals surface area contributed by atoms with Crippen LogP contribution in [0.4, 0.5) is 0 Å². The molecule has 6 heteroatoms. The zero-order valence-electron chi connectivity index (χ0n) is 9.54. The van der Waals surface area contributed by atoms with E-state index in [-0.39, 0.29) is 24.8 Å². The molecule has 0 bridgehead atoms. The maximum atomic E-state index is 5.61. The summed E-state index contributed by atoms with van der Waals surface area (Å²) in [6, 6.07) is 15.6. The number of halogens is 4. The molecule has 0 aliphatic heterocycles. The van der Waals surface area contributed by atoms with E-state index in [2.05, 4.69) is 0 Å². The van der Waals surface area contributed by atoms with Crippen molar-refractivity contribution in [2.75, 3.05) is 0 Å². The largest absolute Gasteiger partial charge is 1.00 e. The van der Waals surface area contributed by atoms with Gasteiger partial charge in [0.1, 0.15) is 0 Å². The van der Waals surface area contributed by atoms with E-state index < -0.39 is 0 Å². The number of hydrogen-bond acceptors (Lipinski definition) is 0. The van der Waals surface area contributed by atoms with Gasteiger partial charge in [-0.05, 0) is 48.5 Å². The predicted octanol–water partition coefficient (Wildman–Crippen LogP) is -2.85. The van der Waals surface area contributed by atoms with Crippen LogP contribution < -0.4 is 35.4 Å². The van der Waals surface area contributed by atoms with E-state index >= 15 is 0 Å². The third kappa shape index (κ3) is 9.40. The molecule has 0 heterocycles. The van der Waals surface area contributed by atoms with Gasteiger partial charge in [0.15, 0.2) is 0 Å². The Hall–Kier alpha value is 0.460. The van der Waals surface area contributed by atoms with Gasteiger partial charge in [-0.2, -0.15) is 0 Å². The van der Waals surface area contributed by atoms with Crippen molar-refractivity contribution >= 4 is 52.3 Å². The molecule has 0 N–H and O–H groups in total. The van der Waals surface area contributed by atoms with Gasteiger partial charge in [-0.1, -0.05) is 23.2 Å². The summed E-state index contributed by atoms with van der Waals surface area (Å²) < 4.78 is 0. The molecule has 0 saturated carbocycles. The summed E-state index contributed by atoms with van der Waals surface area (Å²) in [4.78, 5) is 0. The van der Waals surface area contributed by atoms with Crippen molar-refractivity contribution in [1.29, 1.82) is 0 Å². The standard InChI is InChI=1S/2C6H6ClP.2ClH/c2*7-5-1-3-6(8)4-2-5;;/h2*1-4H,8H2;2*1H. The lowest BCUT2D eigenvalue weighted by molar-refractivity contribution is -0.001000. The van der Waals surface area contributed by atoms with Crippen LogP contribution in [0.5, 0.6) is 0 Å². The van der Waals surface area contributed by atoms with Gasteiger partial charge in [-0.3, -0.25) is 0 Å². The van der Waals surface area contributed by atoms with Crippen LogP contribution in [0.1, 0.15) is 0 Å². The molecular formula is C12H14Cl4P2. The van der Waals surface area contributed by atoms with Crippen LogP contribution >= 0.6 is 41.7 Å². The highest BCUT2D eigenvalue weighted by Gasteiger charge is 1.86. The lowest BCUT2D eigenvalue weighted by Gasteiger charge is -1.84. The molecule has 0 aliphatic carbocycles. The van der Waals surface area contributed by atoms with Crippen LogP contribution in [0.3, 0.4) is 0 Å². The highest BCUT2D eigenvalue weighted by Crippen LogP contribution is 2.05. The molecule has 2 atom stereocenters. The molecule has 2 aromatic rings. The minimum atomic E-state index is 0. The summed E-state index contributed by atoms with van der Waals surface area (Å²) in [5.74, 6) is 0. The van der Waals surface area contributed by atoms with Crippen molar-refractivity contribution in [3.63, 3.8) is 0 Å². The van der Waals surface area contributed by atoms with E-state index in [1.54, 1.807) is 0 Å². The first-order chi connectivity index (χ1) is 7.58. The Morgan fingerprint density at radius 2 is 0.778 bits per heavy atom. The third-order valence-electron chi connectivity index (χ3n) is 1.83. The van der Waals surface area contributed by atoms with Crippen molar-refractivity contribution < 1.29 is 24.8 Å². The molecule has 2 aromatic carbocycles. The first kappa shape index (κ1) is 20.8. The monoisotopic (exact) mass is 360 g/mol.